The van der Waals surface area contributed by atoms with Gasteiger partial charge >= 0.3 is 5.97 Å². The summed E-state index contributed by atoms with van der Waals surface area (Å²) in [5.74, 6) is -1.20. The van der Waals surface area contributed by atoms with Crippen LogP contribution in [0.5, 0.6) is 0 Å². The summed E-state index contributed by atoms with van der Waals surface area (Å²) in [5.41, 5.74) is 0. The Labute approximate surface area is 102 Å². The molecule has 1 N–H and O–H groups in total. The zero-order chi connectivity index (χ0) is 13.5. The van der Waals surface area contributed by atoms with Gasteiger partial charge in [-0.3, -0.25) is 4.79 Å². The Kier molecular flexibility index (Phi) is 6.76. The van der Waals surface area contributed by atoms with E-state index < -0.39 is 16.0 Å². The lowest BCUT2D eigenvalue weighted by Gasteiger charge is -2.24. The largest absolute Gasteiger partial charge is 0.481 e. The Hall–Kier alpha value is -1.13. The number of carbonyl (C=O) groups is 1. The van der Waals surface area contributed by atoms with E-state index >= 15 is 0 Å². The molecule has 0 rings (SSSR count). The molecule has 0 aromatic heterocycles. The summed E-state index contributed by atoms with van der Waals surface area (Å²) in [6.07, 6.45) is 0.0627. The van der Waals surface area contributed by atoms with Crippen LogP contribution in [-0.4, -0.2) is 42.1 Å². The van der Waals surface area contributed by atoms with E-state index in [1.807, 2.05) is 6.07 Å². The van der Waals surface area contributed by atoms with Gasteiger partial charge in [-0.05, 0) is 20.3 Å². The summed E-state index contributed by atoms with van der Waals surface area (Å²) in [4.78, 5) is 10.3. The van der Waals surface area contributed by atoms with Gasteiger partial charge in [0, 0.05) is 25.4 Å². The van der Waals surface area contributed by atoms with E-state index in [9.17, 15) is 13.2 Å². The van der Waals surface area contributed by atoms with Gasteiger partial charge in [-0.2, -0.15) is 9.57 Å². The normalized spacial score (nSPS) is 11.7. The van der Waals surface area contributed by atoms with Crippen LogP contribution in [0.2, 0.25) is 0 Å². The molecule has 6 nitrogen and oxygen atoms in total. The number of aliphatic carboxylic acids is 1. The third-order valence-electron chi connectivity index (χ3n) is 2.17. The highest BCUT2D eigenvalue weighted by Gasteiger charge is 2.24. The third kappa shape index (κ3) is 6.24. The molecule has 0 aliphatic heterocycles. The van der Waals surface area contributed by atoms with Crippen LogP contribution in [0.25, 0.3) is 0 Å². The van der Waals surface area contributed by atoms with Crippen molar-refractivity contribution in [3.63, 3.8) is 0 Å². The number of hydrogen-bond acceptors (Lipinski definition) is 4. The van der Waals surface area contributed by atoms with E-state index in [0.29, 0.717) is 0 Å². The molecule has 0 aliphatic carbocycles. The molecule has 0 radical (unpaired) electrons. The van der Waals surface area contributed by atoms with Gasteiger partial charge in [0.1, 0.15) is 0 Å². The van der Waals surface area contributed by atoms with Crippen LogP contribution >= 0.6 is 0 Å². The maximum atomic E-state index is 11.9. The van der Waals surface area contributed by atoms with Gasteiger partial charge in [-0.1, -0.05) is 0 Å². The van der Waals surface area contributed by atoms with Crippen LogP contribution in [0.1, 0.15) is 33.1 Å². The van der Waals surface area contributed by atoms with Crippen molar-refractivity contribution in [1.82, 2.24) is 4.31 Å². The van der Waals surface area contributed by atoms with Crippen molar-refractivity contribution in [3.8, 4) is 6.07 Å². The van der Waals surface area contributed by atoms with Crippen molar-refractivity contribution >= 4 is 16.0 Å². The first-order chi connectivity index (χ1) is 7.81. The summed E-state index contributed by atoms with van der Waals surface area (Å²) in [6, 6.07) is 1.68. The van der Waals surface area contributed by atoms with Crippen molar-refractivity contribution in [3.05, 3.63) is 0 Å². The molecule has 0 aliphatic rings. The summed E-state index contributed by atoms with van der Waals surface area (Å²) in [6.45, 7) is 3.61. The van der Waals surface area contributed by atoms with Crippen LogP contribution in [-0.2, 0) is 14.8 Å². The molecule has 0 atom stereocenters. The van der Waals surface area contributed by atoms with Gasteiger partial charge in [0.25, 0.3) is 0 Å². The summed E-state index contributed by atoms with van der Waals surface area (Å²) in [7, 11) is -3.47. The lowest BCUT2D eigenvalue weighted by Crippen LogP contribution is -2.39. The smallest absolute Gasteiger partial charge is 0.303 e. The Morgan fingerprint density at radius 3 is 2.47 bits per heavy atom. The topological polar surface area (TPSA) is 98.5 Å². The molecule has 7 heteroatoms. The van der Waals surface area contributed by atoms with Gasteiger partial charge < -0.3 is 5.11 Å². The fourth-order valence-corrected chi connectivity index (χ4v) is 3.16. The van der Waals surface area contributed by atoms with Crippen LogP contribution < -0.4 is 0 Å². The first-order valence-corrected chi connectivity index (χ1v) is 7.00. The quantitative estimate of drug-likeness (QED) is 0.697. The monoisotopic (exact) mass is 262 g/mol. The van der Waals surface area contributed by atoms with E-state index in [2.05, 4.69) is 0 Å². The molecule has 0 fully saturated rings. The molecule has 0 bridgehead atoms. The van der Waals surface area contributed by atoms with Gasteiger partial charge in [0.15, 0.2) is 0 Å². The van der Waals surface area contributed by atoms with E-state index in [0.717, 1.165) is 0 Å². The molecule has 0 aromatic carbocycles. The highest BCUT2D eigenvalue weighted by molar-refractivity contribution is 7.89. The highest BCUT2D eigenvalue weighted by atomic mass is 32.2. The maximum Gasteiger partial charge on any atom is 0.303 e. The molecule has 0 saturated heterocycles. The Bertz CT molecular complexity index is 384. The zero-order valence-electron chi connectivity index (χ0n) is 10.1. The molecule has 0 unspecified atom stereocenters. The molecule has 0 amide bonds. The summed E-state index contributed by atoms with van der Waals surface area (Å²) in [5, 5.41) is 16.9. The lowest BCUT2D eigenvalue weighted by atomic mass is 10.3. The molecular weight excluding hydrogens is 244 g/mol. The second kappa shape index (κ2) is 7.25. The van der Waals surface area contributed by atoms with Gasteiger partial charge in [0.05, 0.1) is 11.8 Å². The number of rotatable bonds is 8. The predicted octanol–water partition coefficient (Wildman–Crippen LogP) is 0.805. The van der Waals surface area contributed by atoms with Gasteiger partial charge in [-0.15, -0.1) is 0 Å². The summed E-state index contributed by atoms with van der Waals surface area (Å²) >= 11 is 0. The number of carboxylic acid groups (broad SMARTS) is 1. The standard InChI is InChI=1S/C10H18N2O4S/c1-9(2)12(7-4-6-11)17(15,16)8-3-5-10(13)14/h9H,3-5,7-8H2,1-2H3,(H,13,14). The van der Waals surface area contributed by atoms with E-state index in [4.69, 9.17) is 10.4 Å². The average Bonchev–Trinajstić information content (AvgIpc) is 2.16. The Morgan fingerprint density at radius 1 is 1.47 bits per heavy atom. The zero-order valence-corrected chi connectivity index (χ0v) is 10.9. The maximum absolute atomic E-state index is 11.9. The fourth-order valence-electron chi connectivity index (χ4n) is 1.40. The second-order valence-corrected chi connectivity index (χ2v) is 5.97. The predicted molar refractivity (Wildman–Crippen MR) is 62.7 cm³/mol. The third-order valence-corrected chi connectivity index (χ3v) is 4.29. The number of hydrogen-bond donors (Lipinski definition) is 1. The minimum atomic E-state index is -3.47. The second-order valence-electron chi connectivity index (χ2n) is 3.93. The molecule has 17 heavy (non-hydrogen) atoms. The van der Waals surface area contributed by atoms with Crippen molar-refractivity contribution < 1.29 is 18.3 Å². The number of carboxylic acids is 1. The minimum absolute atomic E-state index is 0.0907. The minimum Gasteiger partial charge on any atom is -0.481 e. The molecule has 0 saturated carbocycles. The molecule has 0 heterocycles. The van der Waals surface area contributed by atoms with Crippen LogP contribution in [0, 0.1) is 11.3 Å². The molecule has 0 spiro atoms. The van der Waals surface area contributed by atoms with E-state index in [1.54, 1.807) is 13.8 Å². The Balaban J connectivity index is 4.51. The molecule has 98 valence electrons. The SMILES string of the molecule is CC(C)N(CCC#N)S(=O)(=O)CCCC(=O)O. The van der Waals surface area contributed by atoms with Crippen LogP contribution in [0.15, 0.2) is 0 Å². The van der Waals surface area contributed by atoms with Crippen LogP contribution in [0.4, 0.5) is 0 Å². The van der Waals surface area contributed by atoms with Gasteiger partial charge in [0.2, 0.25) is 10.0 Å². The number of sulfonamides is 1. The van der Waals surface area contributed by atoms with Crippen molar-refractivity contribution in [2.75, 3.05) is 12.3 Å². The van der Waals surface area contributed by atoms with E-state index in [-0.39, 0.29) is 37.6 Å². The average molecular weight is 262 g/mol. The van der Waals surface area contributed by atoms with Crippen LogP contribution in [0.3, 0.4) is 0 Å². The first-order valence-electron chi connectivity index (χ1n) is 5.39. The van der Waals surface area contributed by atoms with Crippen molar-refractivity contribution in [2.24, 2.45) is 0 Å². The van der Waals surface area contributed by atoms with Gasteiger partial charge in [-0.25, -0.2) is 8.42 Å². The van der Waals surface area contributed by atoms with Crippen molar-refractivity contribution in [1.29, 1.82) is 5.26 Å². The lowest BCUT2D eigenvalue weighted by molar-refractivity contribution is -0.137. The first kappa shape index (κ1) is 15.9. The summed E-state index contributed by atoms with van der Waals surface area (Å²) < 4.78 is 25.0. The fraction of sp³-hybridized carbons (Fsp3) is 0.800. The van der Waals surface area contributed by atoms with E-state index in [1.165, 1.54) is 4.31 Å². The molecule has 0 aromatic rings. The van der Waals surface area contributed by atoms with Crippen molar-refractivity contribution in [2.45, 2.75) is 39.2 Å². The number of nitriles is 1. The highest BCUT2D eigenvalue weighted by Crippen LogP contribution is 2.10. The number of nitrogens with zero attached hydrogens (tertiary/aromatic N) is 2. The molecular formula is C10H18N2O4S. The Morgan fingerprint density at radius 2 is 2.06 bits per heavy atom.